The van der Waals surface area contributed by atoms with Crippen LogP contribution in [0.4, 0.5) is 4.39 Å². The molecule has 188 valence electrons. The molecule has 0 aliphatic heterocycles. The van der Waals surface area contributed by atoms with Crippen molar-refractivity contribution in [1.29, 1.82) is 0 Å². The molecule has 1 amide bonds. The predicted molar refractivity (Wildman–Crippen MR) is 139 cm³/mol. The quantitative estimate of drug-likeness (QED) is 0.372. The average Bonchev–Trinajstić information content (AvgIpc) is 3.22. The summed E-state index contributed by atoms with van der Waals surface area (Å²) in [6, 6.07) is 19.9. The van der Waals surface area contributed by atoms with Gasteiger partial charge in [-0.1, -0.05) is 56.3 Å². The van der Waals surface area contributed by atoms with Crippen LogP contribution in [0.15, 0.2) is 82.4 Å². The number of benzene rings is 3. The summed E-state index contributed by atoms with van der Waals surface area (Å²) in [4.78, 5) is 40.0. The Kier molecular flexibility index (Phi) is 6.43. The summed E-state index contributed by atoms with van der Waals surface area (Å²) in [6.45, 7) is 4.79. The topological polar surface area (TPSA) is 90.4 Å². The Morgan fingerprint density at radius 2 is 1.65 bits per heavy atom. The van der Waals surface area contributed by atoms with E-state index in [1.54, 1.807) is 30.3 Å². The lowest BCUT2D eigenvalue weighted by atomic mass is 10.1. The van der Waals surface area contributed by atoms with E-state index in [1.807, 2.05) is 44.2 Å². The van der Waals surface area contributed by atoms with E-state index in [0.29, 0.717) is 28.6 Å². The van der Waals surface area contributed by atoms with Crippen LogP contribution in [0, 0.1) is 11.7 Å². The highest BCUT2D eigenvalue weighted by Crippen LogP contribution is 2.16. The van der Waals surface area contributed by atoms with Crippen molar-refractivity contribution < 1.29 is 9.18 Å². The molecule has 0 fully saturated rings. The third-order valence-electron chi connectivity index (χ3n) is 6.14. The molecule has 37 heavy (non-hydrogen) atoms. The van der Waals surface area contributed by atoms with Crippen LogP contribution in [-0.4, -0.2) is 31.2 Å². The fourth-order valence-electron chi connectivity index (χ4n) is 4.23. The predicted octanol–water partition coefficient (Wildman–Crippen LogP) is 3.43. The second-order valence-corrected chi connectivity index (χ2v) is 9.41. The molecule has 0 aliphatic carbocycles. The highest BCUT2D eigenvalue weighted by molar-refractivity contribution is 5.98. The highest BCUT2D eigenvalue weighted by Gasteiger charge is 2.19. The van der Waals surface area contributed by atoms with Crippen molar-refractivity contribution in [3.8, 4) is 0 Å². The van der Waals surface area contributed by atoms with Gasteiger partial charge < -0.3 is 5.32 Å². The van der Waals surface area contributed by atoms with Gasteiger partial charge in [-0.2, -0.15) is 0 Å². The molecule has 5 aromatic rings. The standard InChI is InChI=1S/C28H26FN5O3/c1-18(2)15-30-25(35)21-10-13-23-24(14-21)34-27(32(26(23)36)16-19-6-4-3-5-7-19)31-33(28(34)37)17-20-8-11-22(29)12-9-20/h3-14,18H,15-17H2,1-2H3,(H,30,35). The summed E-state index contributed by atoms with van der Waals surface area (Å²) in [5.74, 6) is -0.233. The van der Waals surface area contributed by atoms with E-state index in [-0.39, 0.29) is 42.1 Å². The number of amides is 1. The minimum Gasteiger partial charge on any atom is -0.352 e. The van der Waals surface area contributed by atoms with E-state index in [2.05, 4.69) is 10.4 Å². The summed E-state index contributed by atoms with van der Waals surface area (Å²) < 4.78 is 17.5. The number of rotatable bonds is 7. The molecule has 0 saturated heterocycles. The maximum absolute atomic E-state index is 13.6. The molecule has 0 radical (unpaired) electrons. The largest absolute Gasteiger partial charge is 0.352 e. The zero-order valence-electron chi connectivity index (χ0n) is 20.5. The maximum Gasteiger partial charge on any atom is 0.352 e. The number of nitrogens with one attached hydrogen (secondary N) is 1. The molecule has 2 aromatic heterocycles. The van der Waals surface area contributed by atoms with Crippen LogP contribution in [0.25, 0.3) is 16.7 Å². The molecule has 0 bridgehead atoms. The molecule has 2 heterocycles. The van der Waals surface area contributed by atoms with Crippen LogP contribution in [0.2, 0.25) is 0 Å². The van der Waals surface area contributed by atoms with Crippen molar-refractivity contribution >= 4 is 22.6 Å². The summed E-state index contributed by atoms with van der Waals surface area (Å²) in [5.41, 5.74) is 1.41. The van der Waals surface area contributed by atoms with E-state index in [0.717, 1.165) is 5.56 Å². The Balaban J connectivity index is 1.71. The Morgan fingerprint density at radius 1 is 0.946 bits per heavy atom. The summed E-state index contributed by atoms with van der Waals surface area (Å²) >= 11 is 0. The molecule has 3 aromatic carbocycles. The number of hydrogen-bond acceptors (Lipinski definition) is 4. The van der Waals surface area contributed by atoms with Crippen molar-refractivity contribution in [1.82, 2.24) is 24.1 Å². The van der Waals surface area contributed by atoms with Crippen LogP contribution in [-0.2, 0) is 13.1 Å². The van der Waals surface area contributed by atoms with Crippen LogP contribution >= 0.6 is 0 Å². The minimum absolute atomic E-state index is 0.0936. The lowest BCUT2D eigenvalue weighted by Crippen LogP contribution is -2.29. The van der Waals surface area contributed by atoms with Crippen LogP contribution in [0.1, 0.15) is 35.3 Å². The summed E-state index contributed by atoms with van der Waals surface area (Å²) in [7, 11) is 0. The van der Waals surface area contributed by atoms with Crippen molar-refractivity contribution in [3.63, 3.8) is 0 Å². The molecule has 0 atom stereocenters. The van der Waals surface area contributed by atoms with Gasteiger partial charge in [0.25, 0.3) is 11.5 Å². The second kappa shape index (κ2) is 9.85. The first-order chi connectivity index (χ1) is 17.8. The molecule has 8 nitrogen and oxygen atoms in total. The third-order valence-corrected chi connectivity index (χ3v) is 6.14. The molecule has 5 rings (SSSR count). The normalized spacial score (nSPS) is 11.5. The smallest absolute Gasteiger partial charge is 0.352 e. The zero-order valence-corrected chi connectivity index (χ0v) is 20.5. The van der Waals surface area contributed by atoms with Crippen molar-refractivity contribution in [2.75, 3.05) is 6.54 Å². The van der Waals surface area contributed by atoms with Gasteiger partial charge in [-0.25, -0.2) is 18.3 Å². The Hall–Kier alpha value is -4.53. The fraction of sp³-hybridized carbons (Fsp3) is 0.214. The lowest BCUT2D eigenvalue weighted by Gasteiger charge is -2.11. The van der Waals surface area contributed by atoms with E-state index in [4.69, 9.17) is 0 Å². The number of carbonyl (C=O) groups is 1. The van der Waals surface area contributed by atoms with Crippen molar-refractivity contribution in [2.24, 2.45) is 5.92 Å². The number of halogens is 1. The number of carbonyl (C=O) groups excluding carboxylic acids is 1. The van der Waals surface area contributed by atoms with Crippen molar-refractivity contribution in [3.05, 3.63) is 116 Å². The van der Waals surface area contributed by atoms with E-state index < -0.39 is 5.69 Å². The molecule has 0 spiro atoms. The lowest BCUT2D eigenvalue weighted by molar-refractivity contribution is 0.0949. The molecule has 9 heteroatoms. The van der Waals surface area contributed by atoms with Gasteiger partial charge in [-0.3, -0.25) is 14.2 Å². The molecular formula is C28H26FN5O3. The number of aromatic nitrogens is 4. The number of hydrogen-bond donors (Lipinski definition) is 1. The van der Waals surface area contributed by atoms with E-state index in [1.165, 1.54) is 25.8 Å². The first-order valence-electron chi connectivity index (χ1n) is 12.0. The third kappa shape index (κ3) is 4.80. The van der Waals surface area contributed by atoms with E-state index >= 15 is 0 Å². The Morgan fingerprint density at radius 3 is 2.35 bits per heavy atom. The molecule has 1 N–H and O–H groups in total. The van der Waals surface area contributed by atoms with Gasteiger partial charge >= 0.3 is 5.69 Å². The van der Waals surface area contributed by atoms with E-state index in [9.17, 15) is 18.8 Å². The first-order valence-corrected chi connectivity index (χ1v) is 12.0. The summed E-state index contributed by atoms with van der Waals surface area (Å²) in [6.07, 6.45) is 0. The molecule has 0 aliphatic rings. The Labute approximate surface area is 211 Å². The van der Waals surface area contributed by atoms with Gasteiger partial charge in [-0.15, -0.1) is 5.10 Å². The van der Waals surface area contributed by atoms with Crippen LogP contribution in [0.3, 0.4) is 0 Å². The SMILES string of the molecule is CC(C)CNC(=O)c1ccc2c(=O)n(Cc3ccccc3)c3nn(Cc4ccc(F)cc4)c(=O)n3c2c1. The minimum atomic E-state index is -0.467. The highest BCUT2D eigenvalue weighted by atomic mass is 19.1. The van der Waals surface area contributed by atoms with Gasteiger partial charge in [0.2, 0.25) is 5.78 Å². The van der Waals surface area contributed by atoms with Gasteiger partial charge in [-0.05, 0) is 47.4 Å². The van der Waals surface area contributed by atoms with Gasteiger partial charge in [0, 0.05) is 12.1 Å². The van der Waals surface area contributed by atoms with Crippen LogP contribution in [0.5, 0.6) is 0 Å². The first kappa shape index (κ1) is 24.2. The maximum atomic E-state index is 13.6. The van der Waals surface area contributed by atoms with Crippen molar-refractivity contribution in [2.45, 2.75) is 26.9 Å². The number of fused-ring (bicyclic) bond motifs is 3. The van der Waals surface area contributed by atoms with Gasteiger partial charge in [0.05, 0.1) is 24.0 Å². The van der Waals surface area contributed by atoms with Gasteiger partial charge in [0.15, 0.2) is 0 Å². The second-order valence-electron chi connectivity index (χ2n) is 9.41. The summed E-state index contributed by atoms with van der Waals surface area (Å²) in [5, 5.41) is 7.67. The van der Waals surface area contributed by atoms with Crippen LogP contribution < -0.4 is 16.6 Å². The Bertz CT molecular complexity index is 1720. The van der Waals surface area contributed by atoms with Gasteiger partial charge in [0.1, 0.15) is 5.82 Å². The number of nitrogens with zero attached hydrogens (tertiary/aromatic N) is 4. The molecular weight excluding hydrogens is 473 g/mol. The average molecular weight is 500 g/mol. The fourth-order valence-corrected chi connectivity index (χ4v) is 4.23. The zero-order chi connectivity index (χ0) is 26.1. The monoisotopic (exact) mass is 499 g/mol. The molecule has 0 unspecified atom stereocenters. The molecule has 0 saturated carbocycles.